The summed E-state index contributed by atoms with van der Waals surface area (Å²) in [4.78, 5) is 12.8. The maximum atomic E-state index is 10.6. The number of carbonyl (C=O) groups excluding carboxylic acids is 1. The Kier molecular flexibility index (Phi) is 3.61. The zero-order valence-corrected chi connectivity index (χ0v) is 10.5. The summed E-state index contributed by atoms with van der Waals surface area (Å²) >= 11 is 3.48. The summed E-state index contributed by atoms with van der Waals surface area (Å²) in [7, 11) is 0. The summed E-state index contributed by atoms with van der Waals surface area (Å²) in [6.45, 7) is 1.72. The molecule has 16 heavy (non-hydrogen) atoms. The van der Waals surface area contributed by atoms with E-state index in [4.69, 9.17) is 0 Å². The number of piperidine rings is 1. The highest BCUT2D eigenvalue weighted by Gasteiger charge is 2.18. The van der Waals surface area contributed by atoms with E-state index in [1.54, 1.807) is 0 Å². The molecule has 1 saturated heterocycles. The molecule has 0 unspecified atom stereocenters. The van der Waals surface area contributed by atoms with Gasteiger partial charge < -0.3 is 10.0 Å². The van der Waals surface area contributed by atoms with Crippen LogP contribution in [0.3, 0.4) is 0 Å². The van der Waals surface area contributed by atoms with Gasteiger partial charge in [-0.2, -0.15) is 0 Å². The van der Waals surface area contributed by atoms with Crippen molar-refractivity contribution in [2.24, 2.45) is 0 Å². The molecule has 1 aromatic rings. The predicted molar refractivity (Wildman–Crippen MR) is 67.0 cm³/mol. The van der Waals surface area contributed by atoms with E-state index in [9.17, 15) is 9.90 Å². The number of carbonyl (C=O) groups is 1. The zero-order chi connectivity index (χ0) is 11.5. The number of rotatable bonds is 2. The maximum absolute atomic E-state index is 10.6. The van der Waals surface area contributed by atoms with Crippen LogP contribution in [0.5, 0.6) is 0 Å². The van der Waals surface area contributed by atoms with Gasteiger partial charge in [-0.15, -0.1) is 0 Å². The highest BCUT2D eigenvalue weighted by atomic mass is 79.9. The second kappa shape index (κ2) is 4.97. The van der Waals surface area contributed by atoms with Crippen molar-refractivity contribution in [2.75, 3.05) is 18.0 Å². The van der Waals surface area contributed by atoms with Gasteiger partial charge in [-0.05, 0) is 47.0 Å². The highest BCUT2D eigenvalue weighted by Crippen LogP contribution is 2.29. The third-order valence-electron chi connectivity index (χ3n) is 2.91. The van der Waals surface area contributed by atoms with Crippen molar-refractivity contribution >= 4 is 27.9 Å². The highest BCUT2D eigenvalue weighted by molar-refractivity contribution is 9.10. The van der Waals surface area contributed by atoms with Gasteiger partial charge in [0.15, 0.2) is 0 Å². The molecule has 0 radical (unpaired) electrons. The lowest BCUT2D eigenvalue weighted by Crippen LogP contribution is -2.35. The number of aldehydes is 1. The van der Waals surface area contributed by atoms with Gasteiger partial charge in [-0.1, -0.05) is 0 Å². The van der Waals surface area contributed by atoms with E-state index in [1.165, 1.54) is 0 Å². The van der Waals surface area contributed by atoms with Crippen LogP contribution in [0.15, 0.2) is 22.7 Å². The molecule has 0 aliphatic carbocycles. The smallest absolute Gasteiger partial charge is 0.150 e. The molecule has 1 N–H and O–H groups in total. The van der Waals surface area contributed by atoms with Gasteiger partial charge in [0.25, 0.3) is 0 Å². The molecule has 1 aliphatic heterocycles. The lowest BCUT2D eigenvalue weighted by atomic mass is 10.1. The number of aliphatic hydroxyl groups excluding tert-OH is 1. The molecule has 1 aliphatic rings. The van der Waals surface area contributed by atoms with Crippen LogP contribution in [0.2, 0.25) is 0 Å². The van der Waals surface area contributed by atoms with E-state index in [1.807, 2.05) is 18.2 Å². The summed E-state index contributed by atoms with van der Waals surface area (Å²) in [5.74, 6) is 0. The van der Waals surface area contributed by atoms with Gasteiger partial charge in [-0.25, -0.2) is 0 Å². The largest absolute Gasteiger partial charge is 0.393 e. The number of hydrogen-bond donors (Lipinski definition) is 1. The standard InChI is InChI=1S/C12H14BrNO2/c13-11-7-9(8-15)1-2-12(11)14-5-3-10(16)4-6-14/h1-2,7-8,10,16H,3-6H2. The van der Waals surface area contributed by atoms with Gasteiger partial charge in [0.05, 0.1) is 11.8 Å². The van der Waals surface area contributed by atoms with Crippen LogP contribution in [0.1, 0.15) is 23.2 Å². The fourth-order valence-corrected chi connectivity index (χ4v) is 2.61. The van der Waals surface area contributed by atoms with Crippen LogP contribution in [0, 0.1) is 0 Å². The van der Waals surface area contributed by atoms with Gasteiger partial charge >= 0.3 is 0 Å². The number of halogens is 1. The van der Waals surface area contributed by atoms with Gasteiger partial charge in [-0.3, -0.25) is 4.79 Å². The molecule has 1 heterocycles. The average molecular weight is 284 g/mol. The fourth-order valence-electron chi connectivity index (χ4n) is 1.96. The van der Waals surface area contributed by atoms with E-state index in [0.29, 0.717) is 5.56 Å². The minimum absolute atomic E-state index is 0.163. The van der Waals surface area contributed by atoms with Crippen molar-refractivity contribution in [2.45, 2.75) is 18.9 Å². The number of anilines is 1. The Balaban J connectivity index is 2.17. The Bertz CT molecular complexity index is 387. The van der Waals surface area contributed by atoms with E-state index < -0.39 is 0 Å². The summed E-state index contributed by atoms with van der Waals surface area (Å²) in [6.07, 6.45) is 2.29. The maximum Gasteiger partial charge on any atom is 0.150 e. The summed E-state index contributed by atoms with van der Waals surface area (Å²) in [6, 6.07) is 5.59. The van der Waals surface area contributed by atoms with Gasteiger partial charge in [0.2, 0.25) is 0 Å². The summed E-state index contributed by atoms with van der Waals surface area (Å²) in [5.41, 5.74) is 1.77. The average Bonchev–Trinajstić information content (AvgIpc) is 2.30. The molecule has 3 nitrogen and oxygen atoms in total. The molecule has 4 heteroatoms. The van der Waals surface area contributed by atoms with Crippen LogP contribution in [0.25, 0.3) is 0 Å². The first-order valence-electron chi connectivity index (χ1n) is 5.38. The first-order chi connectivity index (χ1) is 7.70. The summed E-state index contributed by atoms with van der Waals surface area (Å²) in [5, 5.41) is 9.44. The van der Waals surface area contributed by atoms with E-state index in [-0.39, 0.29) is 6.10 Å². The molecule has 0 spiro atoms. The summed E-state index contributed by atoms with van der Waals surface area (Å²) < 4.78 is 0.938. The van der Waals surface area contributed by atoms with Crippen molar-refractivity contribution in [3.05, 3.63) is 28.2 Å². The Morgan fingerprint density at radius 2 is 2.06 bits per heavy atom. The van der Waals surface area contributed by atoms with Crippen molar-refractivity contribution in [1.29, 1.82) is 0 Å². The minimum Gasteiger partial charge on any atom is -0.393 e. The molecular formula is C12H14BrNO2. The lowest BCUT2D eigenvalue weighted by Gasteiger charge is -2.32. The third kappa shape index (κ3) is 2.44. The molecule has 1 fully saturated rings. The minimum atomic E-state index is -0.163. The van der Waals surface area contributed by atoms with Crippen LogP contribution in [-0.4, -0.2) is 30.6 Å². The van der Waals surface area contributed by atoms with Gasteiger partial charge in [0, 0.05) is 23.1 Å². The zero-order valence-electron chi connectivity index (χ0n) is 8.90. The lowest BCUT2D eigenvalue weighted by molar-refractivity contribution is 0.112. The first-order valence-corrected chi connectivity index (χ1v) is 6.18. The molecule has 86 valence electrons. The molecule has 0 bridgehead atoms. The Morgan fingerprint density at radius 1 is 1.38 bits per heavy atom. The molecule has 1 aromatic carbocycles. The Labute approximate surface area is 103 Å². The Hall–Kier alpha value is -0.870. The van der Waals surface area contributed by atoms with Crippen molar-refractivity contribution in [3.8, 4) is 0 Å². The van der Waals surface area contributed by atoms with Crippen molar-refractivity contribution in [1.82, 2.24) is 0 Å². The number of hydrogen-bond acceptors (Lipinski definition) is 3. The van der Waals surface area contributed by atoms with Crippen molar-refractivity contribution < 1.29 is 9.90 Å². The number of aliphatic hydroxyl groups is 1. The second-order valence-corrected chi connectivity index (χ2v) is 4.90. The Morgan fingerprint density at radius 3 is 2.62 bits per heavy atom. The van der Waals surface area contributed by atoms with Crippen LogP contribution < -0.4 is 4.90 Å². The monoisotopic (exact) mass is 283 g/mol. The van der Waals surface area contributed by atoms with Crippen molar-refractivity contribution in [3.63, 3.8) is 0 Å². The SMILES string of the molecule is O=Cc1ccc(N2CCC(O)CC2)c(Br)c1. The molecular weight excluding hydrogens is 270 g/mol. The van der Waals surface area contributed by atoms with Gasteiger partial charge in [0.1, 0.15) is 6.29 Å². The third-order valence-corrected chi connectivity index (χ3v) is 3.55. The topological polar surface area (TPSA) is 40.5 Å². The quantitative estimate of drug-likeness (QED) is 0.847. The second-order valence-electron chi connectivity index (χ2n) is 4.05. The number of benzene rings is 1. The molecule has 0 saturated carbocycles. The molecule has 0 aromatic heterocycles. The van der Waals surface area contributed by atoms with Crippen LogP contribution in [0.4, 0.5) is 5.69 Å². The van der Waals surface area contributed by atoms with Crippen LogP contribution >= 0.6 is 15.9 Å². The normalized spacial score (nSPS) is 17.5. The fraction of sp³-hybridized carbons (Fsp3) is 0.417. The first kappa shape index (κ1) is 11.6. The van der Waals surface area contributed by atoms with E-state index >= 15 is 0 Å². The molecule has 0 atom stereocenters. The van der Waals surface area contributed by atoms with Crippen LogP contribution in [-0.2, 0) is 0 Å². The molecule has 0 amide bonds. The predicted octanol–water partition coefficient (Wildman–Crippen LogP) is 2.22. The molecule has 2 rings (SSSR count). The van der Waals surface area contributed by atoms with E-state index in [2.05, 4.69) is 20.8 Å². The van der Waals surface area contributed by atoms with E-state index in [0.717, 1.165) is 42.4 Å². The number of nitrogens with zero attached hydrogens (tertiary/aromatic N) is 1.